The third kappa shape index (κ3) is 2.84. The summed E-state index contributed by atoms with van der Waals surface area (Å²) in [6.07, 6.45) is 6.93. The van der Waals surface area contributed by atoms with Gasteiger partial charge in [-0.25, -0.2) is 0 Å². The van der Waals surface area contributed by atoms with Gasteiger partial charge in [0, 0.05) is 6.04 Å². The number of hydrazine groups is 1. The highest BCUT2D eigenvalue weighted by Gasteiger charge is 2.40. The van der Waals surface area contributed by atoms with E-state index in [9.17, 15) is 0 Å². The highest BCUT2D eigenvalue weighted by molar-refractivity contribution is 5.30. The van der Waals surface area contributed by atoms with Gasteiger partial charge >= 0.3 is 0 Å². The van der Waals surface area contributed by atoms with Gasteiger partial charge in [0.2, 0.25) is 0 Å². The Hall–Kier alpha value is -1.06. The van der Waals surface area contributed by atoms with E-state index in [1.807, 2.05) is 13.0 Å². The lowest BCUT2D eigenvalue weighted by Crippen LogP contribution is -2.30. The molecule has 3 N–H and O–H groups in total. The quantitative estimate of drug-likeness (QED) is 0.617. The van der Waals surface area contributed by atoms with E-state index >= 15 is 0 Å². The van der Waals surface area contributed by atoms with Gasteiger partial charge in [0.05, 0.1) is 6.61 Å². The van der Waals surface area contributed by atoms with Crippen LogP contribution < -0.4 is 16.0 Å². The van der Waals surface area contributed by atoms with Crippen LogP contribution in [0.15, 0.2) is 24.3 Å². The predicted octanol–water partition coefficient (Wildman–Crippen LogP) is 3.42. The van der Waals surface area contributed by atoms with E-state index in [-0.39, 0.29) is 6.04 Å². The number of benzene rings is 1. The van der Waals surface area contributed by atoms with Gasteiger partial charge in [0.1, 0.15) is 5.75 Å². The Kier molecular flexibility index (Phi) is 4.27. The molecule has 20 heavy (non-hydrogen) atoms. The average molecular weight is 274 g/mol. The average Bonchev–Trinajstić information content (AvgIpc) is 3.08. The van der Waals surface area contributed by atoms with Crippen LogP contribution in [0.5, 0.6) is 5.75 Å². The summed E-state index contributed by atoms with van der Waals surface area (Å²) in [5.74, 6) is 9.56. The van der Waals surface area contributed by atoms with Crippen molar-refractivity contribution in [2.75, 3.05) is 6.61 Å². The summed E-state index contributed by atoms with van der Waals surface area (Å²) in [6, 6.07) is 8.60. The first-order valence-electron chi connectivity index (χ1n) is 7.99. The van der Waals surface area contributed by atoms with Crippen molar-refractivity contribution < 1.29 is 4.74 Å². The Labute approximate surface area is 121 Å². The molecule has 2 aliphatic rings. The van der Waals surface area contributed by atoms with Gasteiger partial charge in [-0.3, -0.25) is 11.3 Å². The topological polar surface area (TPSA) is 47.3 Å². The van der Waals surface area contributed by atoms with E-state index in [4.69, 9.17) is 10.6 Å². The molecule has 4 atom stereocenters. The van der Waals surface area contributed by atoms with Crippen LogP contribution in [0.2, 0.25) is 0 Å². The minimum absolute atomic E-state index is 0.250. The normalized spacial score (nSPS) is 29.6. The lowest BCUT2D eigenvalue weighted by atomic mass is 9.83. The van der Waals surface area contributed by atoms with Gasteiger partial charge < -0.3 is 4.74 Å². The molecule has 2 bridgehead atoms. The zero-order valence-electron chi connectivity index (χ0n) is 12.3. The van der Waals surface area contributed by atoms with Crippen molar-refractivity contribution in [2.45, 2.75) is 45.1 Å². The molecule has 2 saturated carbocycles. The SMILES string of the molecule is CCOc1cccc(C(CC2CC3CCC2C3)NN)c1. The Balaban J connectivity index is 1.68. The monoisotopic (exact) mass is 274 g/mol. The van der Waals surface area contributed by atoms with Gasteiger partial charge in [-0.15, -0.1) is 0 Å². The molecule has 0 spiro atoms. The van der Waals surface area contributed by atoms with Gasteiger partial charge in [-0.1, -0.05) is 18.6 Å². The number of nitrogens with two attached hydrogens (primary N) is 1. The van der Waals surface area contributed by atoms with Crippen molar-refractivity contribution in [2.24, 2.45) is 23.6 Å². The van der Waals surface area contributed by atoms with Crippen LogP contribution in [0.4, 0.5) is 0 Å². The highest BCUT2D eigenvalue weighted by Crippen LogP contribution is 2.50. The Morgan fingerprint density at radius 2 is 2.25 bits per heavy atom. The van der Waals surface area contributed by atoms with Crippen LogP contribution in [-0.4, -0.2) is 6.61 Å². The fourth-order valence-electron chi connectivity index (χ4n) is 4.26. The summed E-state index contributed by atoms with van der Waals surface area (Å²) in [5, 5.41) is 0. The van der Waals surface area contributed by atoms with Gasteiger partial charge in [0.15, 0.2) is 0 Å². The molecule has 1 aromatic carbocycles. The van der Waals surface area contributed by atoms with E-state index in [2.05, 4.69) is 23.6 Å². The zero-order valence-corrected chi connectivity index (χ0v) is 12.3. The maximum Gasteiger partial charge on any atom is 0.119 e. The van der Waals surface area contributed by atoms with Crippen LogP contribution in [0.1, 0.15) is 50.6 Å². The molecule has 3 rings (SSSR count). The van der Waals surface area contributed by atoms with Gasteiger partial charge in [-0.2, -0.15) is 0 Å². The maximum absolute atomic E-state index is 5.81. The molecule has 0 amide bonds. The second-order valence-corrected chi connectivity index (χ2v) is 6.40. The second-order valence-electron chi connectivity index (χ2n) is 6.40. The molecular weight excluding hydrogens is 248 g/mol. The molecule has 4 unspecified atom stereocenters. The molecule has 0 aromatic heterocycles. The number of ether oxygens (including phenoxy) is 1. The maximum atomic E-state index is 5.81. The number of fused-ring (bicyclic) bond motifs is 2. The molecule has 0 heterocycles. The van der Waals surface area contributed by atoms with Crippen LogP contribution >= 0.6 is 0 Å². The van der Waals surface area contributed by atoms with Gasteiger partial charge in [0.25, 0.3) is 0 Å². The second kappa shape index (κ2) is 6.15. The minimum atomic E-state index is 0.250. The minimum Gasteiger partial charge on any atom is -0.494 e. The third-order valence-electron chi connectivity index (χ3n) is 5.20. The molecule has 0 aliphatic heterocycles. The van der Waals surface area contributed by atoms with Crippen LogP contribution in [0.25, 0.3) is 0 Å². The Morgan fingerprint density at radius 1 is 1.35 bits per heavy atom. The van der Waals surface area contributed by atoms with Crippen molar-refractivity contribution in [1.82, 2.24) is 5.43 Å². The largest absolute Gasteiger partial charge is 0.494 e. The molecule has 2 aliphatic carbocycles. The summed E-state index contributed by atoms with van der Waals surface area (Å²) >= 11 is 0. The van der Waals surface area contributed by atoms with E-state index in [1.54, 1.807) is 0 Å². The van der Waals surface area contributed by atoms with E-state index in [0.29, 0.717) is 6.61 Å². The Morgan fingerprint density at radius 3 is 2.90 bits per heavy atom. The summed E-state index contributed by atoms with van der Waals surface area (Å²) in [5.41, 5.74) is 4.27. The third-order valence-corrected chi connectivity index (χ3v) is 5.20. The molecule has 0 saturated heterocycles. The smallest absolute Gasteiger partial charge is 0.119 e. The number of hydrogen-bond donors (Lipinski definition) is 2. The van der Waals surface area contributed by atoms with Gasteiger partial charge in [-0.05, 0) is 68.1 Å². The van der Waals surface area contributed by atoms with E-state index in [1.165, 1.54) is 31.2 Å². The van der Waals surface area contributed by atoms with Crippen molar-refractivity contribution in [1.29, 1.82) is 0 Å². The first-order valence-corrected chi connectivity index (χ1v) is 7.99. The van der Waals surface area contributed by atoms with E-state index < -0.39 is 0 Å². The van der Waals surface area contributed by atoms with Crippen LogP contribution in [-0.2, 0) is 0 Å². The lowest BCUT2D eigenvalue weighted by molar-refractivity contribution is 0.279. The standard InChI is InChI=1S/C17H26N2O/c1-2-20-16-5-3-4-14(10-16)17(19-18)11-15-9-12-6-7-13(15)8-12/h3-5,10,12-13,15,17,19H,2,6-9,11,18H2,1H3. The molecule has 3 nitrogen and oxygen atoms in total. The lowest BCUT2D eigenvalue weighted by Gasteiger charge is -2.26. The zero-order chi connectivity index (χ0) is 13.9. The molecular formula is C17H26N2O. The molecule has 0 radical (unpaired) electrons. The van der Waals surface area contributed by atoms with Crippen molar-refractivity contribution in [3.63, 3.8) is 0 Å². The van der Waals surface area contributed by atoms with Crippen LogP contribution in [0.3, 0.4) is 0 Å². The molecule has 1 aromatic rings. The number of hydrogen-bond acceptors (Lipinski definition) is 3. The summed E-state index contributed by atoms with van der Waals surface area (Å²) in [4.78, 5) is 0. The summed E-state index contributed by atoms with van der Waals surface area (Å²) < 4.78 is 5.59. The number of rotatable bonds is 6. The molecule has 2 fully saturated rings. The first-order chi connectivity index (χ1) is 9.80. The Bertz CT molecular complexity index is 448. The van der Waals surface area contributed by atoms with Crippen molar-refractivity contribution >= 4 is 0 Å². The fraction of sp³-hybridized carbons (Fsp3) is 0.647. The summed E-state index contributed by atoms with van der Waals surface area (Å²) in [6.45, 7) is 2.72. The van der Waals surface area contributed by atoms with Crippen LogP contribution in [0, 0.1) is 17.8 Å². The summed E-state index contributed by atoms with van der Waals surface area (Å²) in [7, 11) is 0. The predicted molar refractivity (Wildman–Crippen MR) is 81.2 cm³/mol. The molecule has 110 valence electrons. The highest BCUT2D eigenvalue weighted by atomic mass is 16.5. The van der Waals surface area contributed by atoms with Crippen molar-refractivity contribution in [3.8, 4) is 5.75 Å². The van der Waals surface area contributed by atoms with E-state index in [0.717, 1.165) is 29.9 Å². The van der Waals surface area contributed by atoms with Crippen molar-refractivity contribution in [3.05, 3.63) is 29.8 Å². The first kappa shape index (κ1) is 13.9. The fourth-order valence-corrected chi connectivity index (χ4v) is 4.26. The molecule has 3 heteroatoms. The number of nitrogens with one attached hydrogen (secondary N) is 1.